The van der Waals surface area contributed by atoms with E-state index in [-0.39, 0.29) is 17.4 Å². The maximum absolute atomic E-state index is 13.6. The van der Waals surface area contributed by atoms with Gasteiger partial charge >= 0.3 is 0 Å². The van der Waals surface area contributed by atoms with Crippen molar-refractivity contribution in [3.8, 4) is 11.1 Å². The Kier molecular flexibility index (Phi) is 5.37. The van der Waals surface area contributed by atoms with E-state index in [1.807, 2.05) is 50.3 Å². The molecule has 7 heteroatoms. The molecule has 1 saturated heterocycles. The molecule has 7 nitrogen and oxygen atoms in total. The Hall–Kier alpha value is -3.09. The number of aryl methyl sites for hydroxylation is 3. The summed E-state index contributed by atoms with van der Waals surface area (Å²) in [6.45, 7) is 11.0. The molecule has 0 saturated carbocycles. The molecular formula is C24H30N6O. The van der Waals surface area contributed by atoms with Crippen LogP contribution in [-0.2, 0) is 12.5 Å². The average Bonchev–Trinajstić information content (AvgIpc) is 3.35. The van der Waals surface area contributed by atoms with E-state index >= 15 is 0 Å². The van der Waals surface area contributed by atoms with E-state index in [0.717, 1.165) is 40.9 Å². The summed E-state index contributed by atoms with van der Waals surface area (Å²) in [5.41, 5.74) is 5.41. The Morgan fingerprint density at radius 2 is 1.94 bits per heavy atom. The van der Waals surface area contributed by atoms with Crippen LogP contribution in [0.2, 0.25) is 0 Å². The van der Waals surface area contributed by atoms with E-state index in [4.69, 9.17) is 4.98 Å². The highest BCUT2D eigenvalue weighted by molar-refractivity contribution is 5.93. The zero-order valence-electron chi connectivity index (χ0n) is 19.2. The molecule has 0 N–H and O–H groups in total. The normalized spacial score (nSPS) is 16.7. The molecule has 1 unspecified atom stereocenters. The van der Waals surface area contributed by atoms with Gasteiger partial charge in [-0.3, -0.25) is 14.5 Å². The summed E-state index contributed by atoms with van der Waals surface area (Å²) < 4.78 is 1.71. The van der Waals surface area contributed by atoms with Crippen LogP contribution in [0.3, 0.4) is 0 Å². The predicted molar refractivity (Wildman–Crippen MR) is 120 cm³/mol. The van der Waals surface area contributed by atoms with Gasteiger partial charge < -0.3 is 4.90 Å². The molecule has 4 rings (SSSR count). The SMILES string of the molecule is Cc1ncc(-c2ccncc2C)c(C2CCCN2C(=O)c2cc(C(C)(C)C)nn2C)n1. The highest BCUT2D eigenvalue weighted by atomic mass is 16.2. The first-order valence-electron chi connectivity index (χ1n) is 10.8. The second kappa shape index (κ2) is 7.87. The van der Waals surface area contributed by atoms with Gasteiger partial charge in [-0.2, -0.15) is 5.10 Å². The number of hydrogen-bond donors (Lipinski definition) is 0. The van der Waals surface area contributed by atoms with Crippen molar-refractivity contribution in [3.63, 3.8) is 0 Å². The number of carbonyl (C=O) groups is 1. The number of amides is 1. The fraction of sp³-hybridized carbons (Fsp3) is 0.458. The minimum Gasteiger partial charge on any atom is -0.329 e. The second-order valence-corrected chi connectivity index (χ2v) is 9.35. The topological polar surface area (TPSA) is 76.8 Å². The fourth-order valence-electron chi connectivity index (χ4n) is 4.20. The van der Waals surface area contributed by atoms with Crippen LogP contribution in [-0.4, -0.2) is 42.1 Å². The van der Waals surface area contributed by atoms with Crippen molar-refractivity contribution in [1.82, 2.24) is 29.6 Å². The third-order valence-electron chi connectivity index (χ3n) is 5.95. The molecule has 0 aliphatic carbocycles. The monoisotopic (exact) mass is 418 g/mol. The van der Waals surface area contributed by atoms with Crippen molar-refractivity contribution in [3.05, 3.63) is 59.2 Å². The molecule has 162 valence electrons. The van der Waals surface area contributed by atoms with Crippen molar-refractivity contribution >= 4 is 5.91 Å². The molecule has 1 aliphatic rings. The summed E-state index contributed by atoms with van der Waals surface area (Å²) >= 11 is 0. The van der Waals surface area contributed by atoms with E-state index in [1.54, 1.807) is 10.9 Å². The number of likely N-dealkylation sites (tertiary alicyclic amines) is 1. The number of pyridine rings is 1. The van der Waals surface area contributed by atoms with E-state index in [9.17, 15) is 4.79 Å². The van der Waals surface area contributed by atoms with Crippen LogP contribution in [0.15, 0.2) is 30.7 Å². The Bertz CT molecular complexity index is 1130. The van der Waals surface area contributed by atoms with Crippen LogP contribution in [0.25, 0.3) is 11.1 Å². The number of rotatable bonds is 3. The molecule has 1 aliphatic heterocycles. The summed E-state index contributed by atoms with van der Waals surface area (Å²) in [5.74, 6) is 0.710. The zero-order valence-corrected chi connectivity index (χ0v) is 19.2. The molecule has 3 aromatic rings. The lowest BCUT2D eigenvalue weighted by Gasteiger charge is -2.26. The Morgan fingerprint density at radius 3 is 2.61 bits per heavy atom. The first kappa shape index (κ1) is 21.2. The molecule has 4 heterocycles. The summed E-state index contributed by atoms with van der Waals surface area (Å²) in [5, 5.41) is 4.60. The summed E-state index contributed by atoms with van der Waals surface area (Å²) in [7, 11) is 1.84. The minimum absolute atomic E-state index is 0.00154. The van der Waals surface area contributed by atoms with E-state index < -0.39 is 0 Å². The Morgan fingerprint density at radius 1 is 1.16 bits per heavy atom. The number of nitrogens with zero attached hydrogens (tertiary/aromatic N) is 6. The van der Waals surface area contributed by atoms with Gasteiger partial charge in [0.05, 0.1) is 17.4 Å². The standard InChI is InChI=1S/C24H30N6O/c1-15-13-25-10-9-17(15)18-14-26-16(2)27-22(18)19-8-7-11-30(19)23(31)20-12-21(24(3,4)5)28-29(20)6/h9-10,12-14,19H,7-8,11H2,1-6H3. The van der Waals surface area contributed by atoms with Gasteiger partial charge in [0.1, 0.15) is 11.5 Å². The lowest BCUT2D eigenvalue weighted by atomic mass is 9.92. The van der Waals surface area contributed by atoms with Crippen LogP contribution in [0.5, 0.6) is 0 Å². The van der Waals surface area contributed by atoms with Crippen molar-refractivity contribution in [2.24, 2.45) is 7.05 Å². The quantitative estimate of drug-likeness (QED) is 0.638. The van der Waals surface area contributed by atoms with Crippen LogP contribution in [0, 0.1) is 13.8 Å². The Balaban J connectivity index is 1.75. The van der Waals surface area contributed by atoms with Crippen LogP contribution in [0.1, 0.15) is 72.9 Å². The van der Waals surface area contributed by atoms with E-state index in [2.05, 4.69) is 35.8 Å². The largest absolute Gasteiger partial charge is 0.329 e. The van der Waals surface area contributed by atoms with E-state index in [0.29, 0.717) is 18.1 Å². The highest BCUT2D eigenvalue weighted by Crippen LogP contribution is 2.38. The lowest BCUT2D eigenvalue weighted by molar-refractivity contribution is 0.0722. The molecular weight excluding hydrogens is 388 g/mol. The van der Waals surface area contributed by atoms with Gasteiger partial charge in [-0.15, -0.1) is 0 Å². The lowest BCUT2D eigenvalue weighted by Crippen LogP contribution is -2.32. The first-order valence-corrected chi connectivity index (χ1v) is 10.8. The van der Waals surface area contributed by atoms with Crippen molar-refractivity contribution < 1.29 is 4.79 Å². The van der Waals surface area contributed by atoms with Crippen molar-refractivity contribution in [2.45, 2.75) is 58.9 Å². The molecule has 0 radical (unpaired) electrons. The second-order valence-electron chi connectivity index (χ2n) is 9.35. The van der Waals surface area contributed by atoms with Gasteiger partial charge in [-0.05, 0) is 49.9 Å². The van der Waals surface area contributed by atoms with Crippen molar-refractivity contribution in [1.29, 1.82) is 0 Å². The molecule has 0 aromatic carbocycles. The van der Waals surface area contributed by atoms with Crippen molar-refractivity contribution in [2.75, 3.05) is 6.54 Å². The van der Waals surface area contributed by atoms with Crippen LogP contribution >= 0.6 is 0 Å². The van der Waals surface area contributed by atoms with Gasteiger partial charge in [-0.25, -0.2) is 9.97 Å². The van der Waals surface area contributed by atoms with Gasteiger partial charge in [0.2, 0.25) is 0 Å². The molecule has 1 amide bonds. The maximum atomic E-state index is 13.6. The molecule has 31 heavy (non-hydrogen) atoms. The van der Waals surface area contributed by atoms with Gasteiger partial charge in [-0.1, -0.05) is 20.8 Å². The summed E-state index contributed by atoms with van der Waals surface area (Å²) in [6.07, 6.45) is 7.33. The maximum Gasteiger partial charge on any atom is 0.272 e. The van der Waals surface area contributed by atoms with Gasteiger partial charge in [0, 0.05) is 43.2 Å². The third-order valence-corrected chi connectivity index (χ3v) is 5.95. The molecule has 0 bridgehead atoms. The highest BCUT2D eigenvalue weighted by Gasteiger charge is 2.35. The number of hydrogen-bond acceptors (Lipinski definition) is 5. The predicted octanol–water partition coefficient (Wildman–Crippen LogP) is 4.16. The minimum atomic E-state index is -0.115. The molecule has 0 spiro atoms. The summed E-state index contributed by atoms with van der Waals surface area (Å²) in [4.78, 5) is 29.0. The molecule has 1 fully saturated rings. The number of carbonyl (C=O) groups excluding carboxylic acids is 1. The fourth-order valence-corrected chi connectivity index (χ4v) is 4.20. The first-order chi connectivity index (χ1) is 14.7. The van der Waals surface area contributed by atoms with Gasteiger partial charge in [0.15, 0.2) is 0 Å². The molecule has 1 atom stereocenters. The number of aromatic nitrogens is 5. The smallest absolute Gasteiger partial charge is 0.272 e. The van der Waals surface area contributed by atoms with Crippen LogP contribution < -0.4 is 0 Å². The average molecular weight is 419 g/mol. The zero-order chi connectivity index (χ0) is 22.3. The van der Waals surface area contributed by atoms with Gasteiger partial charge in [0.25, 0.3) is 5.91 Å². The van der Waals surface area contributed by atoms with E-state index in [1.165, 1.54) is 0 Å². The summed E-state index contributed by atoms with van der Waals surface area (Å²) in [6, 6.07) is 3.83. The Labute approximate surface area is 183 Å². The molecule has 3 aromatic heterocycles. The van der Waals surface area contributed by atoms with Crippen LogP contribution in [0.4, 0.5) is 0 Å². The third kappa shape index (κ3) is 3.96.